The third-order valence-electron chi connectivity index (χ3n) is 6.34. The normalized spacial score (nSPS) is 12.9. The zero-order valence-electron chi connectivity index (χ0n) is 25.8. The first kappa shape index (κ1) is 71.7. The number of rotatable bonds is 17. The van der Waals surface area contributed by atoms with Crippen LogP contribution < -0.4 is 41.2 Å². The fourth-order valence-electron chi connectivity index (χ4n) is 4.60. The zero-order chi connectivity index (χ0) is 30.3. The van der Waals surface area contributed by atoms with Crippen molar-refractivity contribution >= 4 is 27.8 Å². The lowest BCUT2D eigenvalue weighted by Crippen LogP contribution is -3.00. The van der Waals surface area contributed by atoms with E-state index in [4.69, 9.17) is 5.73 Å². The molecule has 0 bridgehead atoms. The Kier molecular flexibility index (Phi) is 42.1. The van der Waals surface area contributed by atoms with Crippen LogP contribution >= 0.6 is 0 Å². The Hall–Kier alpha value is -1.22. The van der Waals surface area contributed by atoms with Crippen molar-refractivity contribution in [2.75, 3.05) is 60.7 Å². The van der Waals surface area contributed by atoms with Gasteiger partial charge in [0.2, 0.25) is 17.7 Å². The number of nitrogens with one attached hydrogen (secondary N) is 2. The molecule has 12 nitrogen and oxygen atoms in total. The Morgan fingerprint density at radius 1 is 0.830 bits per heavy atom. The van der Waals surface area contributed by atoms with Gasteiger partial charge in [0, 0.05) is 17.3 Å². The molecule has 3 amide bonds. The number of quaternary nitrogens is 2. The van der Waals surface area contributed by atoms with Crippen LogP contribution in [0.1, 0.15) is 106 Å². The Morgan fingerprint density at radius 3 is 1.60 bits per heavy atom. The minimum atomic E-state index is -4.36. The highest BCUT2D eigenvalue weighted by molar-refractivity contribution is 7.85. The Morgan fingerprint density at radius 2 is 1.26 bits per heavy atom. The lowest BCUT2D eigenvalue weighted by molar-refractivity contribution is -0.908. The van der Waals surface area contributed by atoms with Gasteiger partial charge in [-0.25, -0.2) is 0 Å². The second kappa shape index (κ2) is 27.6. The second-order valence-electron chi connectivity index (χ2n) is 13.5. The standard InChI is InChI=1S/C25H51N5O7S.7CH4.2ClH/c1-11-18(21(26)32)12-19(22(33)28-25(4,5)16-38(35,36)37)13-24(2,3)23(34)27-17-30(9,10)15-20(31)14-29(6,7)8;;;;;;;;;/h18-20,31H,11-17H2,1-10H3,(H3-2,26,27,28,32,33,34,35,36,37);7*1H4;2*1H. The molecule has 0 saturated carbocycles. The molecule has 6 N–H and O–H groups in total. The smallest absolute Gasteiger partial charge is 0.267 e. The molecule has 296 valence electrons. The van der Waals surface area contributed by atoms with E-state index in [1.54, 1.807) is 20.8 Å². The number of amides is 3. The molecule has 15 heteroatoms. The van der Waals surface area contributed by atoms with E-state index in [2.05, 4.69) is 10.6 Å². The van der Waals surface area contributed by atoms with E-state index in [1.165, 1.54) is 13.8 Å². The molecular formula is C32H81Cl2N5O7S. The number of hydrogen-bond donors (Lipinski definition) is 5. The number of aliphatic hydroxyl groups excluding tert-OH is 1. The second-order valence-corrected chi connectivity index (χ2v) is 15.0. The SMILES string of the molecule is C.C.C.C.C.C.C.CCC(CC(CC(C)(C)C(=O)NC[N+](C)(C)CC(O)C[N+](C)(C)C)C(=O)NC(C)(C)CS(=O)(=O)O)C(N)=O.[Cl-].[Cl-]. The lowest BCUT2D eigenvalue weighted by atomic mass is 9.77. The van der Waals surface area contributed by atoms with Crippen molar-refractivity contribution in [2.45, 2.75) is 118 Å². The highest BCUT2D eigenvalue weighted by Gasteiger charge is 2.38. The molecule has 0 aromatic heterocycles. The molecule has 0 aliphatic carbocycles. The van der Waals surface area contributed by atoms with Crippen molar-refractivity contribution in [2.24, 2.45) is 23.0 Å². The largest absolute Gasteiger partial charge is 1.00 e. The number of primary amides is 1. The summed E-state index contributed by atoms with van der Waals surface area (Å²) in [7, 11) is 5.42. The number of carbonyl (C=O) groups excluding carboxylic acids is 3. The van der Waals surface area contributed by atoms with E-state index in [0.29, 0.717) is 28.5 Å². The first-order valence-corrected chi connectivity index (χ1v) is 14.6. The van der Waals surface area contributed by atoms with Crippen molar-refractivity contribution in [3.63, 3.8) is 0 Å². The first-order chi connectivity index (χ1) is 16.8. The van der Waals surface area contributed by atoms with Crippen LogP contribution in [0.3, 0.4) is 0 Å². The molecule has 3 unspecified atom stereocenters. The van der Waals surface area contributed by atoms with Crippen LogP contribution in [0.4, 0.5) is 0 Å². The molecule has 0 fully saturated rings. The van der Waals surface area contributed by atoms with E-state index in [9.17, 15) is 32.5 Å². The van der Waals surface area contributed by atoms with Crippen molar-refractivity contribution in [1.29, 1.82) is 0 Å². The van der Waals surface area contributed by atoms with Crippen molar-refractivity contribution in [3.8, 4) is 0 Å². The average Bonchev–Trinajstić information content (AvgIpc) is 2.64. The minimum absolute atomic E-state index is 0. The summed E-state index contributed by atoms with van der Waals surface area (Å²) < 4.78 is 33.0. The molecule has 0 rings (SSSR count). The molecular weight excluding hydrogens is 669 g/mol. The maximum absolute atomic E-state index is 13.3. The predicted molar refractivity (Wildman–Crippen MR) is 194 cm³/mol. The van der Waals surface area contributed by atoms with Gasteiger partial charge in [-0.2, -0.15) is 8.42 Å². The van der Waals surface area contributed by atoms with Crippen LogP contribution in [0.2, 0.25) is 0 Å². The number of carbonyl (C=O) groups is 3. The maximum atomic E-state index is 13.3. The summed E-state index contributed by atoms with van der Waals surface area (Å²) >= 11 is 0. The summed E-state index contributed by atoms with van der Waals surface area (Å²) in [6.07, 6.45) is 0.0127. The Labute approximate surface area is 305 Å². The van der Waals surface area contributed by atoms with Gasteiger partial charge in [-0.3, -0.25) is 18.9 Å². The lowest BCUT2D eigenvalue weighted by Gasteiger charge is -2.36. The van der Waals surface area contributed by atoms with E-state index >= 15 is 0 Å². The minimum Gasteiger partial charge on any atom is -1.00 e. The predicted octanol–water partition coefficient (Wildman–Crippen LogP) is -1.62. The molecule has 0 aliphatic heterocycles. The summed E-state index contributed by atoms with van der Waals surface area (Å²) in [4.78, 5) is 38.4. The number of nitrogens with zero attached hydrogens (tertiary/aromatic N) is 2. The monoisotopic (exact) mass is 750 g/mol. The van der Waals surface area contributed by atoms with Gasteiger partial charge < -0.3 is 55.3 Å². The van der Waals surface area contributed by atoms with Crippen LogP contribution in [-0.4, -0.2) is 117 Å². The third-order valence-corrected chi connectivity index (χ3v) is 7.43. The van der Waals surface area contributed by atoms with Crippen molar-refractivity contribution < 1.29 is 66.2 Å². The quantitative estimate of drug-likeness (QED) is 0.0675. The van der Waals surface area contributed by atoms with Crippen LogP contribution in [0.5, 0.6) is 0 Å². The summed E-state index contributed by atoms with van der Waals surface area (Å²) in [5, 5.41) is 16.0. The van der Waals surface area contributed by atoms with E-state index in [0.717, 1.165) is 0 Å². The third kappa shape index (κ3) is 31.8. The van der Waals surface area contributed by atoms with Gasteiger partial charge >= 0.3 is 0 Å². The number of nitrogens with two attached hydrogens (primary N) is 1. The molecule has 47 heavy (non-hydrogen) atoms. The van der Waals surface area contributed by atoms with Crippen molar-refractivity contribution in [3.05, 3.63) is 0 Å². The molecule has 3 atom stereocenters. The van der Waals surface area contributed by atoms with Gasteiger partial charge in [0.1, 0.15) is 13.1 Å². The first-order valence-electron chi connectivity index (χ1n) is 12.9. The number of likely N-dealkylation sites (N-methyl/N-ethyl adjacent to an activating group) is 2. The van der Waals surface area contributed by atoms with Crippen LogP contribution in [0.25, 0.3) is 0 Å². The summed E-state index contributed by atoms with van der Waals surface area (Å²) in [6, 6.07) is 0. The zero-order valence-corrected chi connectivity index (χ0v) is 28.1. The van der Waals surface area contributed by atoms with Crippen LogP contribution in [0, 0.1) is 17.3 Å². The fraction of sp³-hybridized carbons (Fsp3) is 0.906. The number of hydrogen-bond acceptors (Lipinski definition) is 6. The van der Waals surface area contributed by atoms with E-state index in [-0.39, 0.29) is 102 Å². The molecule has 0 heterocycles. The van der Waals surface area contributed by atoms with Crippen LogP contribution in [0.15, 0.2) is 0 Å². The van der Waals surface area contributed by atoms with Crippen molar-refractivity contribution in [1.82, 2.24) is 10.6 Å². The fourth-order valence-corrected chi connectivity index (χ4v) is 5.58. The highest BCUT2D eigenvalue weighted by atomic mass is 35.5. The maximum Gasteiger partial charge on any atom is 0.267 e. The Balaban J connectivity index is -0.000000190. The average molecular weight is 751 g/mol. The molecule has 0 aromatic rings. The summed E-state index contributed by atoms with van der Waals surface area (Å²) in [6.45, 7) is 9.35. The van der Waals surface area contributed by atoms with Gasteiger partial charge in [0.25, 0.3) is 10.1 Å². The molecule has 0 spiro atoms. The van der Waals surface area contributed by atoms with Gasteiger partial charge in [-0.05, 0) is 33.1 Å². The van der Waals surface area contributed by atoms with Crippen LogP contribution in [-0.2, 0) is 24.5 Å². The molecule has 0 aliphatic rings. The van der Waals surface area contributed by atoms with E-state index in [1.807, 2.05) is 35.2 Å². The molecule has 0 radical (unpaired) electrons. The highest BCUT2D eigenvalue weighted by Crippen LogP contribution is 2.31. The van der Waals surface area contributed by atoms with Gasteiger partial charge in [0.05, 0.1) is 46.5 Å². The number of halogens is 2. The molecule has 0 aromatic carbocycles. The van der Waals surface area contributed by atoms with Gasteiger partial charge in [-0.1, -0.05) is 72.8 Å². The molecule has 0 saturated heterocycles. The van der Waals surface area contributed by atoms with Gasteiger partial charge in [0.15, 0.2) is 12.8 Å². The summed E-state index contributed by atoms with van der Waals surface area (Å²) in [5.41, 5.74) is 3.22. The topological polar surface area (TPSA) is 176 Å². The summed E-state index contributed by atoms with van der Waals surface area (Å²) in [5.74, 6) is -3.50. The van der Waals surface area contributed by atoms with E-state index < -0.39 is 56.6 Å². The van der Waals surface area contributed by atoms with Gasteiger partial charge in [-0.15, -0.1) is 0 Å². The Bertz CT molecular complexity index is 943. The number of aliphatic hydroxyl groups is 1.